The monoisotopic (exact) mass is 446 g/mol. The average molecular weight is 448 g/mol. The van der Waals surface area contributed by atoms with Crippen molar-refractivity contribution in [3.05, 3.63) is 70.8 Å². The van der Waals surface area contributed by atoms with Crippen molar-refractivity contribution in [2.75, 3.05) is 56.4 Å². The molecule has 0 heterocycles. The maximum Gasteiger partial charge on any atom is 2.00 e. The van der Waals surface area contributed by atoms with Crippen LogP contribution < -0.4 is 0 Å². The predicted octanol–water partition coefficient (Wildman–Crippen LogP) is 3.22. The van der Waals surface area contributed by atoms with Gasteiger partial charge in [-0.3, -0.25) is 0 Å². The van der Waals surface area contributed by atoms with Gasteiger partial charge < -0.3 is 19.6 Å². The number of benzene rings is 2. The SMILES string of the molecule is CN(C)Cc1[c-]c(CN(C)C)ccc1.CN(C)Cc1[c-]c(CN(C)C)ccc1.[Zn+2]. The molecule has 0 amide bonds. The summed E-state index contributed by atoms with van der Waals surface area (Å²) in [6.07, 6.45) is 0. The third kappa shape index (κ3) is 13.7. The van der Waals surface area contributed by atoms with E-state index < -0.39 is 0 Å². The quantitative estimate of drug-likeness (QED) is 0.455. The van der Waals surface area contributed by atoms with E-state index in [0.717, 1.165) is 26.2 Å². The average Bonchev–Trinajstić information content (AvgIpc) is 2.53. The molecule has 0 bridgehead atoms. The van der Waals surface area contributed by atoms with Gasteiger partial charge in [0, 0.05) is 26.2 Å². The molecule has 0 spiro atoms. The van der Waals surface area contributed by atoms with Crippen LogP contribution in [0.4, 0.5) is 0 Å². The summed E-state index contributed by atoms with van der Waals surface area (Å²) < 4.78 is 0. The molecule has 0 radical (unpaired) electrons. The minimum atomic E-state index is 0. The molecule has 0 aliphatic heterocycles. The Morgan fingerprint density at radius 1 is 0.483 bits per heavy atom. The molecule has 4 nitrogen and oxygen atoms in total. The molecule has 0 N–H and O–H groups in total. The van der Waals surface area contributed by atoms with Crippen LogP contribution in [0.1, 0.15) is 22.3 Å². The van der Waals surface area contributed by atoms with Gasteiger partial charge in [0.2, 0.25) is 0 Å². The van der Waals surface area contributed by atoms with Gasteiger partial charge in [-0.15, -0.1) is 22.3 Å². The number of hydrogen-bond donors (Lipinski definition) is 0. The number of rotatable bonds is 8. The van der Waals surface area contributed by atoms with Crippen molar-refractivity contribution in [2.45, 2.75) is 26.2 Å². The molecule has 2 aromatic rings. The number of hydrogen-bond acceptors (Lipinski definition) is 4. The van der Waals surface area contributed by atoms with Crippen molar-refractivity contribution in [3.8, 4) is 0 Å². The van der Waals surface area contributed by atoms with E-state index in [0.29, 0.717) is 0 Å². The standard InChI is InChI=1S/2C12H19N2.Zn/c2*1-13(2)9-11-6-5-7-12(8-11)10-14(3)4;/h2*5-7H,9-10H2,1-4H3;/q2*-1;+2. The number of nitrogens with zero attached hydrogens (tertiary/aromatic N) is 4. The Balaban J connectivity index is 0.000000523. The first-order valence-corrected chi connectivity index (χ1v) is 9.74. The van der Waals surface area contributed by atoms with Crippen molar-refractivity contribution in [1.29, 1.82) is 0 Å². The Kier molecular flexibility index (Phi) is 14.3. The van der Waals surface area contributed by atoms with Gasteiger partial charge in [0.15, 0.2) is 0 Å². The summed E-state index contributed by atoms with van der Waals surface area (Å²) >= 11 is 0. The third-order valence-corrected chi connectivity index (χ3v) is 3.78. The van der Waals surface area contributed by atoms with E-state index in [9.17, 15) is 0 Å². The van der Waals surface area contributed by atoms with Gasteiger partial charge in [0.1, 0.15) is 0 Å². The Bertz CT molecular complexity index is 574. The zero-order valence-electron chi connectivity index (χ0n) is 19.8. The van der Waals surface area contributed by atoms with Crippen molar-refractivity contribution < 1.29 is 19.5 Å². The molecule has 5 heteroatoms. The molecule has 2 rings (SSSR count). The summed E-state index contributed by atoms with van der Waals surface area (Å²) in [5, 5.41) is 0. The van der Waals surface area contributed by atoms with Crippen LogP contribution in [0.15, 0.2) is 36.4 Å². The van der Waals surface area contributed by atoms with Gasteiger partial charge >= 0.3 is 19.5 Å². The molecule has 0 fully saturated rings. The van der Waals surface area contributed by atoms with Crippen LogP contribution >= 0.6 is 0 Å². The fraction of sp³-hybridized carbons (Fsp3) is 0.500. The van der Waals surface area contributed by atoms with E-state index in [1.54, 1.807) is 0 Å². The zero-order chi connectivity index (χ0) is 21.1. The van der Waals surface area contributed by atoms with Crippen molar-refractivity contribution >= 4 is 0 Å². The maximum absolute atomic E-state index is 3.42. The van der Waals surface area contributed by atoms with E-state index >= 15 is 0 Å². The van der Waals surface area contributed by atoms with Crippen LogP contribution in [0, 0.1) is 12.1 Å². The molecule has 0 saturated heterocycles. The first kappa shape index (κ1) is 27.9. The minimum absolute atomic E-state index is 0. The minimum Gasteiger partial charge on any atom is -0.307 e. The van der Waals surface area contributed by atoms with E-state index in [-0.39, 0.29) is 19.5 Å². The molecule has 0 saturated carbocycles. The van der Waals surface area contributed by atoms with Crippen LogP contribution in [-0.2, 0) is 45.7 Å². The third-order valence-electron chi connectivity index (χ3n) is 3.78. The Labute approximate surface area is 192 Å². The fourth-order valence-corrected chi connectivity index (χ4v) is 2.87. The molecule has 0 atom stereocenters. The first-order valence-electron chi connectivity index (χ1n) is 9.74. The topological polar surface area (TPSA) is 13.0 Å². The molecule has 0 aliphatic carbocycles. The molecular formula is C24H38N4Zn. The summed E-state index contributed by atoms with van der Waals surface area (Å²) in [6, 6.07) is 19.6. The van der Waals surface area contributed by atoms with Crippen LogP contribution in [0.3, 0.4) is 0 Å². The summed E-state index contributed by atoms with van der Waals surface area (Å²) in [6.45, 7) is 3.84. The molecule has 2 aromatic carbocycles. The molecule has 0 aromatic heterocycles. The second-order valence-electron chi connectivity index (χ2n) is 8.35. The van der Waals surface area contributed by atoms with Crippen molar-refractivity contribution in [3.63, 3.8) is 0 Å². The van der Waals surface area contributed by atoms with Crippen LogP contribution in [-0.4, -0.2) is 76.0 Å². The first-order chi connectivity index (χ1) is 13.2. The summed E-state index contributed by atoms with van der Waals surface area (Å²) in [5.41, 5.74) is 5.03. The van der Waals surface area contributed by atoms with Crippen molar-refractivity contribution in [1.82, 2.24) is 19.6 Å². The summed E-state index contributed by atoms with van der Waals surface area (Å²) in [7, 11) is 16.6. The second-order valence-corrected chi connectivity index (χ2v) is 8.35. The summed E-state index contributed by atoms with van der Waals surface area (Å²) in [4.78, 5) is 8.63. The van der Waals surface area contributed by atoms with E-state index in [4.69, 9.17) is 0 Å². The molecular weight excluding hydrogens is 410 g/mol. The van der Waals surface area contributed by atoms with Crippen LogP contribution in [0.5, 0.6) is 0 Å². The zero-order valence-corrected chi connectivity index (χ0v) is 22.8. The largest absolute Gasteiger partial charge is 2.00 e. The molecule has 0 aliphatic rings. The molecule has 0 unspecified atom stereocenters. The van der Waals surface area contributed by atoms with Gasteiger partial charge in [-0.1, -0.05) is 0 Å². The second kappa shape index (κ2) is 14.8. The van der Waals surface area contributed by atoms with Gasteiger partial charge in [0.25, 0.3) is 0 Å². The summed E-state index contributed by atoms with van der Waals surface area (Å²) in [5.74, 6) is 0. The normalized spacial score (nSPS) is 10.9. The van der Waals surface area contributed by atoms with Gasteiger partial charge in [0.05, 0.1) is 0 Å². The maximum atomic E-state index is 3.42. The van der Waals surface area contributed by atoms with Crippen LogP contribution in [0.2, 0.25) is 0 Å². The van der Waals surface area contributed by atoms with Gasteiger partial charge in [-0.25, -0.2) is 0 Å². The van der Waals surface area contributed by atoms with Gasteiger partial charge in [-0.05, 0) is 56.4 Å². The molecule has 156 valence electrons. The van der Waals surface area contributed by atoms with Crippen LogP contribution in [0.25, 0.3) is 0 Å². The smallest absolute Gasteiger partial charge is 0.307 e. The van der Waals surface area contributed by atoms with E-state index in [1.165, 1.54) is 22.3 Å². The Hall–Kier alpha value is -1.10. The van der Waals surface area contributed by atoms with Crippen molar-refractivity contribution in [2.24, 2.45) is 0 Å². The van der Waals surface area contributed by atoms with E-state index in [2.05, 4.69) is 125 Å². The van der Waals surface area contributed by atoms with E-state index in [1.807, 2.05) is 0 Å². The van der Waals surface area contributed by atoms with Gasteiger partial charge in [-0.2, -0.15) is 48.5 Å². The molecule has 29 heavy (non-hydrogen) atoms. The predicted molar refractivity (Wildman–Crippen MR) is 120 cm³/mol. The Morgan fingerprint density at radius 3 is 0.862 bits per heavy atom. The fourth-order valence-electron chi connectivity index (χ4n) is 2.87. The Morgan fingerprint density at radius 2 is 0.690 bits per heavy atom.